The van der Waals surface area contributed by atoms with Gasteiger partial charge in [0, 0.05) is 26.3 Å². The molecule has 0 bridgehead atoms. The number of nitrogens with zero attached hydrogens (tertiary/aromatic N) is 1. The van der Waals surface area contributed by atoms with E-state index >= 15 is 0 Å². The number of fused-ring (bicyclic) bond motifs is 1. The predicted molar refractivity (Wildman–Crippen MR) is 70.7 cm³/mol. The van der Waals surface area contributed by atoms with Crippen LogP contribution in [0.2, 0.25) is 0 Å². The molecule has 2 heterocycles. The summed E-state index contributed by atoms with van der Waals surface area (Å²) in [5.41, 5.74) is 2.18. The first-order chi connectivity index (χ1) is 8.67. The molecule has 1 aliphatic rings. The molecule has 0 unspecified atom stereocenters. The van der Waals surface area contributed by atoms with E-state index in [0.29, 0.717) is 11.3 Å². The Kier molecular flexibility index (Phi) is 3.99. The van der Waals surface area contributed by atoms with Crippen LogP contribution in [-0.4, -0.2) is 39.3 Å². The topological polar surface area (TPSA) is 60.5 Å². The highest BCUT2D eigenvalue weighted by atomic mass is 16.7. The molecular formula is C12H17BN2O3. The molecular weight excluding hydrogens is 231 g/mol. The Morgan fingerprint density at radius 1 is 1.50 bits per heavy atom. The highest BCUT2D eigenvalue weighted by molar-refractivity contribution is 6.62. The monoisotopic (exact) mass is 248 g/mol. The second kappa shape index (κ2) is 5.50. The van der Waals surface area contributed by atoms with Gasteiger partial charge in [0.15, 0.2) is 7.85 Å². The fraction of sp³-hybridized carbons (Fsp3) is 0.500. The summed E-state index contributed by atoms with van der Waals surface area (Å²) in [5.74, 6) is 0.834. The van der Waals surface area contributed by atoms with Crippen LogP contribution < -0.4 is 5.32 Å². The van der Waals surface area contributed by atoms with Crippen molar-refractivity contribution in [1.82, 2.24) is 4.98 Å². The van der Waals surface area contributed by atoms with Gasteiger partial charge in [0.1, 0.15) is 17.2 Å². The highest BCUT2D eigenvalue weighted by Gasteiger charge is 2.22. The molecule has 0 radical (unpaired) electrons. The van der Waals surface area contributed by atoms with Crippen molar-refractivity contribution in [3.8, 4) is 0 Å². The van der Waals surface area contributed by atoms with Crippen LogP contribution in [0.25, 0.3) is 0 Å². The fourth-order valence-corrected chi connectivity index (χ4v) is 2.18. The SMILES string of the molecule is BC(=O)c1cc2c(nc1C(OC)OC)NCCC2. The third kappa shape index (κ3) is 2.39. The lowest BCUT2D eigenvalue weighted by atomic mass is 9.91. The number of hydrogen-bond donors (Lipinski definition) is 1. The summed E-state index contributed by atoms with van der Waals surface area (Å²) in [4.78, 5) is 16.2. The number of carbonyl (C=O) groups is 1. The Hall–Kier alpha value is -1.40. The van der Waals surface area contributed by atoms with Gasteiger partial charge in [-0.1, -0.05) is 0 Å². The summed E-state index contributed by atoms with van der Waals surface area (Å²) >= 11 is 0. The summed E-state index contributed by atoms with van der Waals surface area (Å²) < 4.78 is 10.4. The zero-order chi connectivity index (χ0) is 13.1. The number of nitrogens with one attached hydrogen (secondary N) is 1. The molecule has 0 amide bonds. The molecule has 96 valence electrons. The van der Waals surface area contributed by atoms with Crippen molar-refractivity contribution >= 4 is 19.3 Å². The number of pyridine rings is 1. The van der Waals surface area contributed by atoms with Gasteiger partial charge >= 0.3 is 0 Å². The first kappa shape index (κ1) is 13.0. The van der Waals surface area contributed by atoms with Gasteiger partial charge in [-0.3, -0.25) is 0 Å². The van der Waals surface area contributed by atoms with E-state index in [1.165, 1.54) is 22.1 Å². The van der Waals surface area contributed by atoms with Crippen molar-refractivity contribution in [1.29, 1.82) is 0 Å². The lowest BCUT2D eigenvalue weighted by Crippen LogP contribution is -2.19. The van der Waals surface area contributed by atoms with E-state index in [4.69, 9.17) is 9.47 Å². The molecule has 2 rings (SSSR count). The van der Waals surface area contributed by atoms with Gasteiger partial charge in [0.05, 0.1) is 0 Å². The summed E-state index contributed by atoms with van der Waals surface area (Å²) in [7, 11) is 4.60. The lowest BCUT2D eigenvalue weighted by Gasteiger charge is -2.22. The molecule has 1 aliphatic heterocycles. The van der Waals surface area contributed by atoms with E-state index in [-0.39, 0.29) is 5.68 Å². The highest BCUT2D eigenvalue weighted by Crippen LogP contribution is 2.27. The summed E-state index contributed by atoms with van der Waals surface area (Å²) in [5, 5.41) is 3.24. The number of hydrogen-bond acceptors (Lipinski definition) is 5. The van der Waals surface area contributed by atoms with E-state index in [1.54, 1.807) is 0 Å². The van der Waals surface area contributed by atoms with Gasteiger partial charge in [-0.15, -0.1) is 0 Å². The molecule has 0 saturated carbocycles. The van der Waals surface area contributed by atoms with Gasteiger partial charge in [0.2, 0.25) is 6.29 Å². The minimum atomic E-state index is -0.613. The predicted octanol–water partition coefficient (Wildman–Crippen LogP) is 0.504. The van der Waals surface area contributed by atoms with Crippen LogP contribution in [0.5, 0.6) is 0 Å². The summed E-state index contributed by atoms with van der Waals surface area (Å²) in [6.45, 7) is 0.906. The van der Waals surface area contributed by atoms with Crippen molar-refractivity contribution < 1.29 is 14.3 Å². The van der Waals surface area contributed by atoms with E-state index in [9.17, 15) is 4.79 Å². The molecule has 1 N–H and O–H groups in total. The van der Waals surface area contributed by atoms with Gasteiger partial charge in [-0.2, -0.15) is 0 Å². The zero-order valence-electron chi connectivity index (χ0n) is 10.9. The van der Waals surface area contributed by atoms with Crippen LogP contribution in [0, 0.1) is 0 Å². The van der Waals surface area contributed by atoms with Crippen molar-refractivity contribution in [2.24, 2.45) is 0 Å². The maximum Gasteiger partial charge on any atom is 0.201 e. The fourth-order valence-electron chi connectivity index (χ4n) is 2.18. The van der Waals surface area contributed by atoms with Crippen LogP contribution in [-0.2, 0) is 15.9 Å². The van der Waals surface area contributed by atoms with Gasteiger partial charge in [0.25, 0.3) is 0 Å². The minimum absolute atomic E-state index is 0.0232. The van der Waals surface area contributed by atoms with Crippen molar-refractivity contribution in [3.05, 3.63) is 22.9 Å². The first-order valence-corrected chi connectivity index (χ1v) is 6.01. The molecule has 0 spiro atoms. The van der Waals surface area contributed by atoms with Crippen molar-refractivity contribution in [2.75, 3.05) is 26.1 Å². The first-order valence-electron chi connectivity index (χ1n) is 6.01. The van der Waals surface area contributed by atoms with E-state index in [1.807, 2.05) is 6.07 Å². The van der Waals surface area contributed by atoms with Gasteiger partial charge in [-0.25, -0.2) is 4.98 Å². The molecule has 0 aliphatic carbocycles. The third-order valence-corrected chi connectivity index (χ3v) is 3.08. The Morgan fingerprint density at radius 3 is 2.83 bits per heavy atom. The van der Waals surface area contributed by atoms with Gasteiger partial charge < -0.3 is 19.6 Å². The molecule has 6 heteroatoms. The molecule has 0 fully saturated rings. The number of rotatable bonds is 4. The lowest BCUT2D eigenvalue weighted by molar-refractivity contribution is -0.108. The minimum Gasteiger partial charge on any atom is -0.370 e. The molecule has 1 aromatic rings. The Labute approximate surface area is 107 Å². The molecule has 0 saturated heterocycles. The molecule has 0 atom stereocenters. The Balaban J connectivity index is 2.51. The summed E-state index contributed by atoms with van der Waals surface area (Å²) in [6, 6.07) is 1.90. The molecule has 18 heavy (non-hydrogen) atoms. The van der Waals surface area contributed by atoms with Crippen molar-refractivity contribution in [3.63, 3.8) is 0 Å². The molecule has 0 aromatic carbocycles. The molecule has 1 aromatic heterocycles. The van der Waals surface area contributed by atoms with Crippen LogP contribution in [0.1, 0.15) is 34.3 Å². The van der Waals surface area contributed by atoms with E-state index in [2.05, 4.69) is 10.3 Å². The van der Waals surface area contributed by atoms with Crippen LogP contribution in [0.3, 0.4) is 0 Å². The van der Waals surface area contributed by atoms with Crippen LogP contribution in [0.4, 0.5) is 5.82 Å². The standard InChI is InChI=1S/C12H17BN2O3/c1-17-12(18-2)9-8(10(13)16)6-7-4-3-5-14-11(7)15-9/h6,12H,3-5,13H2,1-2H3,(H,14,15). The third-order valence-electron chi connectivity index (χ3n) is 3.08. The van der Waals surface area contributed by atoms with E-state index < -0.39 is 6.29 Å². The summed E-state index contributed by atoms with van der Waals surface area (Å²) in [6.07, 6.45) is 1.39. The number of carbonyl (C=O) groups excluding carboxylic acids is 1. The van der Waals surface area contributed by atoms with Crippen LogP contribution >= 0.6 is 0 Å². The number of aromatic nitrogens is 1. The van der Waals surface area contributed by atoms with Gasteiger partial charge in [-0.05, 0) is 24.5 Å². The Morgan fingerprint density at radius 2 is 2.22 bits per heavy atom. The second-order valence-electron chi connectivity index (χ2n) is 4.32. The number of methoxy groups -OCH3 is 2. The normalized spacial score (nSPS) is 14.2. The maximum absolute atomic E-state index is 11.7. The van der Waals surface area contributed by atoms with Crippen LogP contribution in [0.15, 0.2) is 6.07 Å². The average Bonchev–Trinajstić information content (AvgIpc) is 2.39. The smallest absolute Gasteiger partial charge is 0.201 e. The number of ether oxygens (including phenoxy) is 2. The van der Waals surface area contributed by atoms with Crippen molar-refractivity contribution in [2.45, 2.75) is 19.1 Å². The number of anilines is 1. The largest absolute Gasteiger partial charge is 0.370 e. The molecule has 5 nitrogen and oxygen atoms in total. The second-order valence-corrected chi connectivity index (χ2v) is 4.32. The number of aryl methyl sites for hydroxylation is 1. The maximum atomic E-state index is 11.7. The Bertz CT molecular complexity index is 461. The average molecular weight is 248 g/mol. The van der Waals surface area contributed by atoms with E-state index in [0.717, 1.165) is 30.8 Å². The quantitative estimate of drug-likeness (QED) is 0.621. The zero-order valence-corrected chi connectivity index (χ0v) is 10.9.